The van der Waals surface area contributed by atoms with Crippen LogP contribution in [-0.4, -0.2) is 43.6 Å². The lowest BCUT2D eigenvalue weighted by atomic mass is 10.0. The van der Waals surface area contributed by atoms with E-state index in [0.717, 1.165) is 50.2 Å². The highest BCUT2D eigenvalue weighted by Gasteiger charge is 2.16. The van der Waals surface area contributed by atoms with Gasteiger partial charge in [0.05, 0.1) is 35.9 Å². The van der Waals surface area contributed by atoms with E-state index in [-0.39, 0.29) is 5.82 Å². The molecule has 6 aromatic rings. The average molecular weight is 537 g/mol. The van der Waals surface area contributed by atoms with E-state index in [4.69, 9.17) is 9.72 Å². The van der Waals surface area contributed by atoms with E-state index in [1.165, 1.54) is 19.2 Å². The van der Waals surface area contributed by atoms with E-state index in [1.54, 1.807) is 12.4 Å². The lowest BCUT2D eigenvalue weighted by molar-refractivity contribution is 0.176. The quantitative estimate of drug-likeness (QED) is 0.160. The summed E-state index contributed by atoms with van der Waals surface area (Å²) in [5.41, 5.74) is 7.71. The first kappa shape index (κ1) is 25.5. The monoisotopic (exact) mass is 536 g/mol. The molecule has 9 heteroatoms. The summed E-state index contributed by atoms with van der Waals surface area (Å²) in [5.74, 6) is 0.459. The fraction of sp³-hybridized carbons (Fsp3) is 0.194. The third kappa shape index (κ3) is 4.99. The predicted molar refractivity (Wildman–Crippen MR) is 155 cm³/mol. The maximum absolute atomic E-state index is 14.3. The molecular weight excluding hydrogens is 507 g/mol. The van der Waals surface area contributed by atoms with Gasteiger partial charge in [-0.1, -0.05) is 26.0 Å². The summed E-state index contributed by atoms with van der Waals surface area (Å²) in [6.45, 7) is 4.13. The van der Waals surface area contributed by atoms with Crippen LogP contribution >= 0.6 is 0 Å². The maximum atomic E-state index is 14.3. The van der Waals surface area contributed by atoms with Crippen LogP contribution in [0.15, 0.2) is 73.1 Å². The normalized spacial score (nSPS) is 12.3. The molecule has 40 heavy (non-hydrogen) atoms. The molecule has 4 N–H and O–H groups in total. The van der Waals surface area contributed by atoms with Crippen molar-refractivity contribution < 1.29 is 14.2 Å². The number of nitrogens with zero attached hydrogens (tertiary/aromatic N) is 3. The standard InChI is InChI=1S/C31H29FN6O2/c1-17(2)9-29(39)34-21-11-19(15-33-16-21)25-7-8-27-30(36-25)31(38-37-27)28-14-24-23(5-4-6-26(24)35-28)18-10-20(32)13-22(12-18)40-3/h4-8,10-17,29,34-35,39H,9H2,1-3H3,(H,37,38). The van der Waals surface area contributed by atoms with Crippen LogP contribution in [0.2, 0.25) is 0 Å². The molecule has 0 saturated carbocycles. The number of methoxy groups -OCH3 is 1. The van der Waals surface area contributed by atoms with E-state index in [2.05, 4.69) is 39.3 Å². The molecule has 0 aliphatic carbocycles. The van der Waals surface area contributed by atoms with E-state index >= 15 is 0 Å². The second kappa shape index (κ2) is 10.4. The molecule has 0 aliphatic heterocycles. The first-order chi connectivity index (χ1) is 19.4. The van der Waals surface area contributed by atoms with Gasteiger partial charge in [0.15, 0.2) is 0 Å². The molecule has 4 heterocycles. The van der Waals surface area contributed by atoms with Gasteiger partial charge in [0.1, 0.15) is 29.0 Å². The first-order valence-corrected chi connectivity index (χ1v) is 13.1. The van der Waals surface area contributed by atoms with Crippen LogP contribution in [0.3, 0.4) is 0 Å². The SMILES string of the molecule is COc1cc(F)cc(-c2cccc3[nH]c(-c4n[nH]c5ccc(-c6cncc(NC(O)CC(C)C)c6)nc45)cc23)c1. The molecule has 0 aliphatic rings. The van der Waals surface area contributed by atoms with Gasteiger partial charge in [-0.15, -0.1) is 0 Å². The van der Waals surface area contributed by atoms with Crippen molar-refractivity contribution in [2.24, 2.45) is 5.92 Å². The molecule has 2 aromatic carbocycles. The number of aliphatic hydroxyl groups excluding tert-OH is 1. The highest BCUT2D eigenvalue weighted by atomic mass is 19.1. The van der Waals surface area contributed by atoms with E-state index in [1.807, 2.05) is 48.5 Å². The Labute approximate surface area is 230 Å². The van der Waals surface area contributed by atoms with Gasteiger partial charge in [-0.05, 0) is 65.9 Å². The van der Waals surface area contributed by atoms with Crippen LogP contribution in [0.1, 0.15) is 20.3 Å². The number of hydrogen-bond donors (Lipinski definition) is 4. The summed E-state index contributed by atoms with van der Waals surface area (Å²) in [6, 6.07) is 18.3. The van der Waals surface area contributed by atoms with Crippen LogP contribution in [-0.2, 0) is 0 Å². The van der Waals surface area contributed by atoms with Crippen LogP contribution in [0.25, 0.3) is 55.7 Å². The van der Waals surface area contributed by atoms with Crippen molar-refractivity contribution in [1.29, 1.82) is 0 Å². The molecule has 1 atom stereocenters. The summed E-state index contributed by atoms with van der Waals surface area (Å²) in [4.78, 5) is 12.7. The number of nitrogens with one attached hydrogen (secondary N) is 3. The number of ether oxygens (including phenoxy) is 1. The fourth-order valence-electron chi connectivity index (χ4n) is 4.97. The van der Waals surface area contributed by atoms with Gasteiger partial charge in [-0.3, -0.25) is 10.1 Å². The Morgan fingerprint density at radius 2 is 1.88 bits per heavy atom. The summed E-state index contributed by atoms with van der Waals surface area (Å²) < 4.78 is 19.6. The third-order valence-electron chi connectivity index (χ3n) is 6.81. The van der Waals surface area contributed by atoms with Crippen LogP contribution < -0.4 is 10.1 Å². The van der Waals surface area contributed by atoms with Gasteiger partial charge < -0.3 is 20.1 Å². The summed E-state index contributed by atoms with van der Waals surface area (Å²) >= 11 is 0. The summed E-state index contributed by atoms with van der Waals surface area (Å²) in [7, 11) is 1.52. The number of anilines is 1. The second-order valence-corrected chi connectivity index (χ2v) is 10.2. The minimum absolute atomic E-state index is 0.361. The molecule has 6 rings (SSSR count). The minimum atomic E-state index is -0.659. The van der Waals surface area contributed by atoms with Crippen molar-refractivity contribution >= 4 is 27.6 Å². The molecule has 0 radical (unpaired) electrons. The molecule has 0 spiro atoms. The predicted octanol–water partition coefficient (Wildman–Crippen LogP) is 6.76. The van der Waals surface area contributed by atoms with Crippen molar-refractivity contribution in [3.05, 3.63) is 78.9 Å². The Kier molecular flexibility index (Phi) is 6.65. The van der Waals surface area contributed by atoms with Gasteiger partial charge >= 0.3 is 0 Å². The fourth-order valence-corrected chi connectivity index (χ4v) is 4.97. The lowest BCUT2D eigenvalue weighted by Crippen LogP contribution is -2.20. The Balaban J connectivity index is 1.38. The number of rotatable bonds is 8. The zero-order valence-corrected chi connectivity index (χ0v) is 22.4. The largest absolute Gasteiger partial charge is 0.497 e. The molecular formula is C31H29FN6O2. The topological polar surface area (TPSA) is 112 Å². The van der Waals surface area contributed by atoms with Crippen molar-refractivity contribution in [2.45, 2.75) is 26.5 Å². The van der Waals surface area contributed by atoms with E-state index in [0.29, 0.717) is 29.3 Å². The molecule has 0 amide bonds. The van der Waals surface area contributed by atoms with Crippen molar-refractivity contribution in [1.82, 2.24) is 25.1 Å². The van der Waals surface area contributed by atoms with Gasteiger partial charge in [0, 0.05) is 28.7 Å². The molecule has 1 unspecified atom stereocenters. The van der Waals surface area contributed by atoms with Crippen LogP contribution in [0.4, 0.5) is 10.1 Å². The van der Waals surface area contributed by atoms with E-state index in [9.17, 15) is 9.50 Å². The zero-order chi connectivity index (χ0) is 27.8. The highest BCUT2D eigenvalue weighted by Crippen LogP contribution is 2.35. The number of aromatic amines is 2. The Morgan fingerprint density at radius 1 is 1.00 bits per heavy atom. The van der Waals surface area contributed by atoms with Crippen molar-refractivity contribution in [3.63, 3.8) is 0 Å². The molecule has 8 nitrogen and oxygen atoms in total. The number of H-pyrrole nitrogens is 2. The van der Waals surface area contributed by atoms with Crippen molar-refractivity contribution in [3.8, 4) is 39.5 Å². The third-order valence-corrected chi connectivity index (χ3v) is 6.81. The maximum Gasteiger partial charge on any atom is 0.135 e. The number of hydrogen-bond acceptors (Lipinski definition) is 6. The molecule has 202 valence electrons. The minimum Gasteiger partial charge on any atom is -0.497 e. The number of aromatic nitrogens is 5. The number of benzene rings is 2. The number of halogens is 1. The highest BCUT2D eigenvalue weighted by molar-refractivity contribution is 6.00. The van der Waals surface area contributed by atoms with Gasteiger partial charge in [-0.2, -0.15) is 5.10 Å². The number of aliphatic hydroxyl groups is 1. The summed E-state index contributed by atoms with van der Waals surface area (Å²) in [5, 5.41) is 22.0. The second-order valence-electron chi connectivity index (χ2n) is 10.2. The summed E-state index contributed by atoms with van der Waals surface area (Å²) in [6.07, 6.45) is 3.40. The van der Waals surface area contributed by atoms with Crippen LogP contribution in [0.5, 0.6) is 5.75 Å². The van der Waals surface area contributed by atoms with Gasteiger partial charge in [-0.25, -0.2) is 9.37 Å². The number of pyridine rings is 2. The van der Waals surface area contributed by atoms with Crippen molar-refractivity contribution in [2.75, 3.05) is 12.4 Å². The molecule has 0 saturated heterocycles. The Hall–Kier alpha value is -4.76. The number of fused-ring (bicyclic) bond motifs is 2. The lowest BCUT2D eigenvalue weighted by Gasteiger charge is -2.16. The van der Waals surface area contributed by atoms with Gasteiger partial charge in [0.25, 0.3) is 0 Å². The Bertz CT molecular complexity index is 1830. The van der Waals surface area contributed by atoms with E-state index < -0.39 is 6.23 Å². The van der Waals surface area contributed by atoms with Gasteiger partial charge in [0.2, 0.25) is 0 Å². The molecule has 0 fully saturated rings. The zero-order valence-electron chi connectivity index (χ0n) is 22.4. The Morgan fingerprint density at radius 3 is 2.70 bits per heavy atom. The molecule has 4 aromatic heterocycles. The van der Waals surface area contributed by atoms with Crippen LogP contribution in [0, 0.1) is 11.7 Å². The molecule has 0 bridgehead atoms. The average Bonchev–Trinajstić information content (AvgIpc) is 3.56. The first-order valence-electron chi connectivity index (χ1n) is 13.1. The smallest absolute Gasteiger partial charge is 0.135 e.